The van der Waals surface area contributed by atoms with Crippen LogP contribution in [0, 0.1) is 0 Å². The molecule has 0 spiro atoms. The Labute approximate surface area is 137 Å². The van der Waals surface area contributed by atoms with E-state index in [4.69, 9.17) is 4.74 Å². The van der Waals surface area contributed by atoms with Gasteiger partial charge in [-0.1, -0.05) is 6.92 Å². The zero-order valence-electron chi connectivity index (χ0n) is 14.5. The van der Waals surface area contributed by atoms with Crippen molar-refractivity contribution in [3.8, 4) is 11.5 Å². The first-order valence-electron chi connectivity index (χ1n) is 7.86. The molecule has 2 unspecified atom stereocenters. The predicted molar refractivity (Wildman–Crippen MR) is 89.6 cm³/mol. The summed E-state index contributed by atoms with van der Waals surface area (Å²) in [6.45, 7) is 9.92. The number of alkyl carbamates (subject to hydrolysis) is 1. The van der Waals surface area contributed by atoms with Crippen LogP contribution >= 0.6 is 0 Å². The van der Waals surface area contributed by atoms with Gasteiger partial charge in [0.2, 0.25) is 0 Å². The van der Waals surface area contributed by atoms with Crippen LogP contribution in [0.5, 0.6) is 11.5 Å². The largest absolute Gasteiger partial charge is 0.508 e. The van der Waals surface area contributed by atoms with Crippen molar-refractivity contribution in [1.29, 1.82) is 0 Å². The third-order valence-corrected chi connectivity index (χ3v) is 3.31. The van der Waals surface area contributed by atoms with Crippen molar-refractivity contribution in [3.63, 3.8) is 0 Å². The summed E-state index contributed by atoms with van der Waals surface area (Å²) in [7, 11) is 0. The van der Waals surface area contributed by atoms with Crippen LogP contribution in [-0.4, -0.2) is 34.5 Å². The highest BCUT2D eigenvalue weighted by molar-refractivity contribution is 5.68. The van der Waals surface area contributed by atoms with Gasteiger partial charge in [-0.05, 0) is 51.8 Å². The molecular formula is C17H28N2O4. The van der Waals surface area contributed by atoms with Crippen LogP contribution in [0.3, 0.4) is 0 Å². The van der Waals surface area contributed by atoms with Crippen LogP contribution < -0.4 is 10.6 Å². The summed E-state index contributed by atoms with van der Waals surface area (Å²) in [6.07, 6.45) is 0.318. The number of phenolic OH excluding ortho intramolecular Hbond substituents is 2. The van der Waals surface area contributed by atoms with E-state index in [0.29, 0.717) is 6.54 Å². The van der Waals surface area contributed by atoms with Gasteiger partial charge in [-0.15, -0.1) is 0 Å². The Bertz CT molecular complexity index is 506. The number of carbonyl (C=O) groups excluding carboxylic acids is 1. The Morgan fingerprint density at radius 2 is 1.78 bits per heavy atom. The van der Waals surface area contributed by atoms with Gasteiger partial charge in [0, 0.05) is 24.7 Å². The maximum absolute atomic E-state index is 11.8. The number of hydrogen-bond acceptors (Lipinski definition) is 5. The minimum absolute atomic E-state index is 0.0209. The molecule has 0 aliphatic carbocycles. The SMILES string of the molecule is CCC(CNC(C)c1cc(O)cc(O)c1)NC(=O)OC(C)(C)C. The highest BCUT2D eigenvalue weighted by atomic mass is 16.6. The quantitative estimate of drug-likeness (QED) is 0.645. The number of rotatable bonds is 6. The summed E-state index contributed by atoms with van der Waals surface area (Å²) in [5.41, 5.74) is 0.247. The van der Waals surface area contributed by atoms with E-state index in [-0.39, 0.29) is 23.6 Å². The molecule has 0 saturated heterocycles. The van der Waals surface area contributed by atoms with E-state index in [1.54, 1.807) is 12.1 Å². The fourth-order valence-electron chi connectivity index (χ4n) is 2.08. The number of amides is 1. The van der Waals surface area contributed by atoms with Gasteiger partial charge in [-0.3, -0.25) is 0 Å². The van der Waals surface area contributed by atoms with Crippen LogP contribution in [0.15, 0.2) is 18.2 Å². The molecule has 0 radical (unpaired) electrons. The predicted octanol–water partition coefficient (Wildman–Crippen LogP) is 3.05. The van der Waals surface area contributed by atoms with Crippen molar-refractivity contribution < 1.29 is 19.7 Å². The second-order valence-corrected chi connectivity index (χ2v) is 6.66. The van der Waals surface area contributed by atoms with Crippen LogP contribution in [0.4, 0.5) is 4.79 Å². The molecule has 0 bridgehead atoms. The maximum Gasteiger partial charge on any atom is 0.407 e. The Hall–Kier alpha value is -1.95. The molecule has 130 valence electrons. The maximum atomic E-state index is 11.8. The van der Waals surface area contributed by atoms with Gasteiger partial charge in [-0.2, -0.15) is 0 Å². The summed E-state index contributed by atoms with van der Waals surface area (Å²) < 4.78 is 5.25. The van der Waals surface area contributed by atoms with Crippen molar-refractivity contribution >= 4 is 6.09 Å². The molecule has 2 atom stereocenters. The van der Waals surface area contributed by atoms with Crippen molar-refractivity contribution in [1.82, 2.24) is 10.6 Å². The minimum Gasteiger partial charge on any atom is -0.508 e. The lowest BCUT2D eigenvalue weighted by atomic mass is 10.1. The molecule has 1 aromatic rings. The van der Waals surface area contributed by atoms with Crippen LogP contribution in [0.2, 0.25) is 0 Å². The van der Waals surface area contributed by atoms with E-state index >= 15 is 0 Å². The molecule has 4 N–H and O–H groups in total. The van der Waals surface area contributed by atoms with Crippen molar-refractivity contribution in [2.75, 3.05) is 6.54 Å². The Kier molecular flexibility index (Phi) is 6.69. The molecule has 1 aromatic carbocycles. The number of nitrogens with one attached hydrogen (secondary N) is 2. The van der Waals surface area contributed by atoms with Gasteiger partial charge in [0.25, 0.3) is 0 Å². The smallest absolute Gasteiger partial charge is 0.407 e. The molecule has 1 rings (SSSR count). The van der Waals surface area contributed by atoms with Gasteiger partial charge in [0.05, 0.1) is 0 Å². The highest BCUT2D eigenvalue weighted by Crippen LogP contribution is 2.24. The van der Waals surface area contributed by atoms with E-state index in [1.807, 2.05) is 34.6 Å². The zero-order valence-corrected chi connectivity index (χ0v) is 14.5. The van der Waals surface area contributed by atoms with Crippen LogP contribution in [0.1, 0.15) is 52.6 Å². The average Bonchev–Trinajstić information content (AvgIpc) is 2.39. The van der Waals surface area contributed by atoms with Gasteiger partial charge in [-0.25, -0.2) is 4.79 Å². The van der Waals surface area contributed by atoms with Gasteiger partial charge < -0.3 is 25.6 Å². The minimum atomic E-state index is -0.526. The van der Waals surface area contributed by atoms with E-state index < -0.39 is 11.7 Å². The normalized spacial score (nSPS) is 14.1. The van der Waals surface area contributed by atoms with E-state index in [9.17, 15) is 15.0 Å². The summed E-state index contributed by atoms with van der Waals surface area (Å²) in [4.78, 5) is 11.8. The standard InChI is InChI=1S/C17H28N2O4/c1-6-13(19-16(22)23-17(3,4)5)10-18-11(2)12-7-14(20)9-15(21)8-12/h7-9,11,13,18,20-21H,6,10H2,1-5H3,(H,19,22). The van der Waals surface area contributed by atoms with Crippen molar-refractivity contribution in [3.05, 3.63) is 23.8 Å². The molecule has 6 heteroatoms. The average molecular weight is 324 g/mol. The number of benzene rings is 1. The lowest BCUT2D eigenvalue weighted by Gasteiger charge is -2.24. The second kappa shape index (κ2) is 8.06. The fraction of sp³-hybridized carbons (Fsp3) is 0.588. The summed E-state index contributed by atoms with van der Waals surface area (Å²) >= 11 is 0. The third-order valence-electron chi connectivity index (χ3n) is 3.31. The van der Waals surface area contributed by atoms with Gasteiger partial charge >= 0.3 is 6.09 Å². The lowest BCUT2D eigenvalue weighted by Crippen LogP contribution is -2.44. The molecule has 0 aliphatic heterocycles. The molecule has 0 fully saturated rings. The number of hydrogen-bond donors (Lipinski definition) is 4. The monoisotopic (exact) mass is 324 g/mol. The third kappa shape index (κ3) is 7.23. The zero-order chi connectivity index (χ0) is 17.6. The first-order valence-corrected chi connectivity index (χ1v) is 7.86. The molecule has 0 heterocycles. The Morgan fingerprint density at radius 1 is 1.22 bits per heavy atom. The molecule has 23 heavy (non-hydrogen) atoms. The Balaban J connectivity index is 2.55. The number of ether oxygens (including phenoxy) is 1. The van der Waals surface area contributed by atoms with Crippen molar-refractivity contribution in [2.24, 2.45) is 0 Å². The topological polar surface area (TPSA) is 90.8 Å². The highest BCUT2D eigenvalue weighted by Gasteiger charge is 2.19. The lowest BCUT2D eigenvalue weighted by molar-refractivity contribution is 0.0502. The van der Waals surface area contributed by atoms with Gasteiger partial charge in [0.15, 0.2) is 0 Å². The second-order valence-electron chi connectivity index (χ2n) is 6.66. The summed E-state index contributed by atoms with van der Waals surface area (Å²) in [6, 6.07) is 4.33. The van der Waals surface area contributed by atoms with E-state index in [0.717, 1.165) is 12.0 Å². The molecular weight excluding hydrogens is 296 g/mol. The summed E-state index contributed by atoms with van der Waals surface area (Å²) in [5.74, 6) is 0.0418. The van der Waals surface area contributed by atoms with E-state index in [1.165, 1.54) is 6.07 Å². The summed E-state index contributed by atoms with van der Waals surface area (Å²) in [5, 5.41) is 25.2. The van der Waals surface area contributed by atoms with Crippen LogP contribution in [0.25, 0.3) is 0 Å². The molecule has 0 aliphatic rings. The number of phenols is 2. The molecule has 0 aromatic heterocycles. The molecule has 0 saturated carbocycles. The molecule has 1 amide bonds. The van der Waals surface area contributed by atoms with Gasteiger partial charge in [0.1, 0.15) is 17.1 Å². The fourth-order valence-corrected chi connectivity index (χ4v) is 2.08. The van der Waals surface area contributed by atoms with Crippen molar-refractivity contribution in [2.45, 2.75) is 58.7 Å². The number of carbonyl (C=O) groups is 1. The molecule has 6 nitrogen and oxygen atoms in total. The van der Waals surface area contributed by atoms with E-state index in [2.05, 4.69) is 10.6 Å². The number of aromatic hydroxyl groups is 2. The first-order chi connectivity index (χ1) is 10.6. The van der Waals surface area contributed by atoms with Crippen LogP contribution in [-0.2, 0) is 4.74 Å². The Morgan fingerprint density at radius 3 is 2.26 bits per heavy atom. The first kappa shape index (κ1) is 19.1.